The fourth-order valence-electron chi connectivity index (χ4n) is 4.09. The van der Waals surface area contributed by atoms with Crippen molar-refractivity contribution in [3.63, 3.8) is 0 Å². The zero-order valence-electron chi connectivity index (χ0n) is 18.2. The predicted molar refractivity (Wildman–Crippen MR) is 114 cm³/mol. The van der Waals surface area contributed by atoms with Crippen molar-refractivity contribution in [2.75, 3.05) is 26.3 Å². The van der Waals surface area contributed by atoms with Gasteiger partial charge in [0.25, 0.3) is 0 Å². The van der Waals surface area contributed by atoms with E-state index in [9.17, 15) is 9.90 Å². The molecule has 0 aromatic heterocycles. The Hall–Kier alpha value is -2.97. The maximum absolute atomic E-state index is 12.4. The van der Waals surface area contributed by atoms with Gasteiger partial charge < -0.3 is 33.7 Å². The summed E-state index contributed by atoms with van der Waals surface area (Å²) in [6, 6.07) is 11.6. The number of aliphatic hydroxyl groups is 1. The van der Waals surface area contributed by atoms with Gasteiger partial charge in [-0.25, -0.2) is 4.79 Å². The minimum absolute atomic E-state index is 0.0939. The number of carbonyl (C=O) groups excluding carboxylic acids is 1. The van der Waals surface area contributed by atoms with Crippen LogP contribution in [-0.2, 0) is 22.5 Å². The number of ether oxygens (including phenoxy) is 5. The summed E-state index contributed by atoms with van der Waals surface area (Å²) in [5.74, 6) is 1.45. The normalized spacial score (nSPS) is 23.3. The van der Waals surface area contributed by atoms with Crippen molar-refractivity contribution in [2.24, 2.45) is 0 Å². The number of amides is 1. The monoisotopic (exact) mass is 441 g/mol. The van der Waals surface area contributed by atoms with Crippen molar-refractivity contribution < 1.29 is 33.6 Å². The van der Waals surface area contributed by atoms with Crippen LogP contribution in [0.15, 0.2) is 36.4 Å². The molecule has 3 aliphatic heterocycles. The summed E-state index contributed by atoms with van der Waals surface area (Å²) in [7, 11) is 0. The Kier molecular flexibility index (Phi) is 5.35. The SMILES string of the molecule is CC1(C)OCc2cc([C@@H]3CN(CCc4ccc5c(c4)O[C@H](CO)CO5)C(=O)O3)ccc2O1. The van der Waals surface area contributed by atoms with Gasteiger partial charge >= 0.3 is 6.09 Å². The summed E-state index contributed by atoms with van der Waals surface area (Å²) in [5.41, 5.74) is 2.91. The van der Waals surface area contributed by atoms with E-state index in [0.29, 0.717) is 44.2 Å². The molecular weight excluding hydrogens is 414 g/mol. The molecule has 0 unspecified atom stereocenters. The molecule has 1 N–H and O–H groups in total. The molecule has 1 amide bonds. The molecule has 3 aliphatic rings. The highest BCUT2D eigenvalue weighted by atomic mass is 16.7. The number of hydrogen-bond donors (Lipinski definition) is 1. The zero-order valence-corrected chi connectivity index (χ0v) is 18.2. The van der Waals surface area contributed by atoms with E-state index >= 15 is 0 Å². The zero-order chi connectivity index (χ0) is 22.3. The Bertz CT molecular complexity index is 1020. The quantitative estimate of drug-likeness (QED) is 0.763. The third kappa shape index (κ3) is 4.20. The minimum atomic E-state index is -0.641. The maximum Gasteiger partial charge on any atom is 0.410 e. The molecule has 0 aliphatic carbocycles. The van der Waals surface area contributed by atoms with E-state index < -0.39 is 5.79 Å². The first-order valence-corrected chi connectivity index (χ1v) is 10.8. The van der Waals surface area contributed by atoms with Crippen LogP contribution in [0.25, 0.3) is 0 Å². The molecule has 3 heterocycles. The van der Waals surface area contributed by atoms with Crippen LogP contribution < -0.4 is 14.2 Å². The van der Waals surface area contributed by atoms with Crippen molar-refractivity contribution >= 4 is 6.09 Å². The van der Waals surface area contributed by atoms with Gasteiger partial charge in [-0.3, -0.25) is 0 Å². The van der Waals surface area contributed by atoms with Gasteiger partial charge in [-0.1, -0.05) is 12.1 Å². The molecule has 8 heteroatoms. The highest BCUT2D eigenvalue weighted by Gasteiger charge is 2.34. The van der Waals surface area contributed by atoms with Crippen LogP contribution in [0.5, 0.6) is 17.2 Å². The summed E-state index contributed by atoms with van der Waals surface area (Å²) >= 11 is 0. The molecule has 170 valence electrons. The second-order valence-electron chi connectivity index (χ2n) is 8.74. The molecule has 2 atom stereocenters. The number of carbonyl (C=O) groups is 1. The van der Waals surface area contributed by atoms with Gasteiger partial charge in [-0.2, -0.15) is 0 Å². The molecule has 0 bridgehead atoms. The number of hydrogen-bond acceptors (Lipinski definition) is 7. The summed E-state index contributed by atoms with van der Waals surface area (Å²) < 4.78 is 28.5. The molecular formula is C24H27NO7. The molecule has 5 rings (SSSR count). The number of fused-ring (bicyclic) bond motifs is 2. The fourth-order valence-corrected chi connectivity index (χ4v) is 4.09. The molecule has 1 saturated heterocycles. The van der Waals surface area contributed by atoms with E-state index in [-0.39, 0.29) is 24.9 Å². The van der Waals surface area contributed by atoms with Crippen LogP contribution >= 0.6 is 0 Å². The molecule has 32 heavy (non-hydrogen) atoms. The van der Waals surface area contributed by atoms with Gasteiger partial charge in [0, 0.05) is 26.0 Å². The first kappa shape index (κ1) is 20.9. The topological polar surface area (TPSA) is 86.7 Å². The van der Waals surface area contributed by atoms with Gasteiger partial charge in [0.05, 0.1) is 19.8 Å². The average molecular weight is 441 g/mol. The highest BCUT2D eigenvalue weighted by molar-refractivity contribution is 5.70. The van der Waals surface area contributed by atoms with Crippen LogP contribution in [0, 0.1) is 0 Å². The Balaban J connectivity index is 1.22. The standard InChI is InChI=1S/C24H27NO7/c1-24(2)29-13-17-10-16(4-6-19(17)32-24)22-11-25(23(27)31-22)8-7-15-3-5-20-21(9-15)30-18(12-26)14-28-20/h3-6,9-10,18,22,26H,7-8,11-14H2,1-2H3/t18-,22+/m1/s1. The van der Waals surface area contributed by atoms with E-state index in [1.54, 1.807) is 4.90 Å². The lowest BCUT2D eigenvalue weighted by atomic mass is 10.0. The Labute approximate surface area is 186 Å². The number of benzene rings is 2. The summed E-state index contributed by atoms with van der Waals surface area (Å²) in [6.07, 6.45) is -0.346. The van der Waals surface area contributed by atoms with E-state index in [2.05, 4.69) is 0 Å². The van der Waals surface area contributed by atoms with Gasteiger partial charge in [-0.15, -0.1) is 0 Å². The molecule has 2 aromatic rings. The summed E-state index contributed by atoms with van der Waals surface area (Å²) in [6.45, 7) is 5.49. The van der Waals surface area contributed by atoms with Crippen LogP contribution in [0.1, 0.15) is 36.6 Å². The first-order valence-electron chi connectivity index (χ1n) is 10.8. The predicted octanol–water partition coefficient (Wildman–Crippen LogP) is 3.20. The number of rotatable bonds is 5. The molecule has 1 fully saturated rings. The van der Waals surface area contributed by atoms with E-state index in [0.717, 1.165) is 22.4 Å². The Morgan fingerprint density at radius 1 is 1.09 bits per heavy atom. The van der Waals surface area contributed by atoms with Crippen molar-refractivity contribution in [2.45, 2.75) is 44.9 Å². The Morgan fingerprint density at radius 3 is 2.78 bits per heavy atom. The van der Waals surface area contributed by atoms with Gasteiger partial charge in [0.2, 0.25) is 5.79 Å². The summed E-state index contributed by atoms with van der Waals surface area (Å²) in [4.78, 5) is 14.2. The highest BCUT2D eigenvalue weighted by Crippen LogP contribution is 2.36. The second-order valence-corrected chi connectivity index (χ2v) is 8.74. The van der Waals surface area contributed by atoms with Crippen LogP contribution in [0.4, 0.5) is 4.79 Å². The van der Waals surface area contributed by atoms with Crippen LogP contribution in [0.3, 0.4) is 0 Å². The Morgan fingerprint density at radius 2 is 1.94 bits per heavy atom. The lowest BCUT2D eigenvalue weighted by Gasteiger charge is -2.32. The average Bonchev–Trinajstić information content (AvgIpc) is 3.16. The van der Waals surface area contributed by atoms with Crippen LogP contribution in [-0.4, -0.2) is 54.3 Å². The van der Waals surface area contributed by atoms with E-state index in [1.165, 1.54) is 0 Å². The molecule has 0 spiro atoms. The molecule has 0 radical (unpaired) electrons. The van der Waals surface area contributed by atoms with Crippen molar-refractivity contribution in [3.05, 3.63) is 53.1 Å². The van der Waals surface area contributed by atoms with E-state index in [1.807, 2.05) is 50.2 Å². The third-order valence-electron chi connectivity index (χ3n) is 5.88. The van der Waals surface area contributed by atoms with Gasteiger partial charge in [-0.05, 0) is 41.8 Å². The summed E-state index contributed by atoms with van der Waals surface area (Å²) in [5, 5.41) is 9.29. The molecule has 2 aromatic carbocycles. The number of nitrogens with zero attached hydrogens (tertiary/aromatic N) is 1. The lowest BCUT2D eigenvalue weighted by molar-refractivity contribution is -0.180. The fraction of sp³-hybridized carbons (Fsp3) is 0.458. The number of cyclic esters (lactones) is 1. The largest absolute Gasteiger partial charge is 0.486 e. The molecule has 0 saturated carbocycles. The smallest absolute Gasteiger partial charge is 0.410 e. The third-order valence-corrected chi connectivity index (χ3v) is 5.88. The minimum Gasteiger partial charge on any atom is -0.486 e. The first-order chi connectivity index (χ1) is 15.4. The molecule has 8 nitrogen and oxygen atoms in total. The van der Waals surface area contributed by atoms with Crippen LogP contribution in [0.2, 0.25) is 0 Å². The second kappa shape index (κ2) is 8.18. The van der Waals surface area contributed by atoms with Crippen molar-refractivity contribution in [1.29, 1.82) is 0 Å². The van der Waals surface area contributed by atoms with Gasteiger partial charge in [0.1, 0.15) is 18.5 Å². The van der Waals surface area contributed by atoms with Crippen molar-refractivity contribution in [3.8, 4) is 17.2 Å². The maximum atomic E-state index is 12.4. The van der Waals surface area contributed by atoms with E-state index in [4.69, 9.17) is 23.7 Å². The van der Waals surface area contributed by atoms with Crippen molar-refractivity contribution in [1.82, 2.24) is 4.90 Å². The lowest BCUT2D eigenvalue weighted by Crippen LogP contribution is -2.35. The number of aliphatic hydroxyl groups excluding tert-OH is 1. The van der Waals surface area contributed by atoms with Gasteiger partial charge in [0.15, 0.2) is 17.6 Å².